The highest BCUT2D eigenvalue weighted by Crippen LogP contribution is 2.22. The van der Waals surface area contributed by atoms with E-state index >= 15 is 0 Å². The van der Waals surface area contributed by atoms with Crippen molar-refractivity contribution < 1.29 is 4.39 Å². The molecule has 0 saturated heterocycles. The van der Waals surface area contributed by atoms with Crippen LogP contribution in [0.15, 0.2) is 34.9 Å². The van der Waals surface area contributed by atoms with E-state index in [1.807, 2.05) is 48.3 Å². The molecule has 0 bridgehead atoms. The first-order valence-corrected chi connectivity index (χ1v) is 10.5. The van der Waals surface area contributed by atoms with Crippen LogP contribution in [-0.4, -0.2) is 36.6 Å². The highest BCUT2D eigenvalue weighted by Gasteiger charge is 2.16. The van der Waals surface area contributed by atoms with Gasteiger partial charge in [0.05, 0.1) is 40.3 Å². The maximum Gasteiger partial charge on any atom is 0.173 e. The summed E-state index contributed by atoms with van der Waals surface area (Å²) in [6.45, 7) is 7.96. The molecule has 2 heterocycles. The number of benzene rings is 1. The first-order valence-electron chi connectivity index (χ1n) is 9.30. The molecule has 0 aliphatic carbocycles. The SMILES string of the molecule is CCn1cc(Br)c(CN(C)C(=S)Nc2c(C)nn(Cc3ccc(F)cc3)c2C)n1. The molecule has 2 aromatic heterocycles. The van der Waals surface area contributed by atoms with Gasteiger partial charge in [-0.3, -0.25) is 9.36 Å². The summed E-state index contributed by atoms with van der Waals surface area (Å²) in [5.41, 5.74) is 4.64. The molecule has 6 nitrogen and oxygen atoms in total. The number of aromatic nitrogens is 4. The second-order valence-corrected chi connectivity index (χ2v) is 8.14. The lowest BCUT2D eigenvalue weighted by molar-refractivity contribution is 0.491. The molecular formula is C20H24BrFN6S. The Morgan fingerprint density at radius 1 is 1.24 bits per heavy atom. The maximum atomic E-state index is 13.1. The van der Waals surface area contributed by atoms with E-state index in [1.54, 1.807) is 12.1 Å². The van der Waals surface area contributed by atoms with Crippen molar-refractivity contribution >= 4 is 38.9 Å². The van der Waals surface area contributed by atoms with E-state index < -0.39 is 0 Å². The van der Waals surface area contributed by atoms with Crippen molar-refractivity contribution in [1.82, 2.24) is 24.5 Å². The van der Waals surface area contributed by atoms with Crippen LogP contribution in [-0.2, 0) is 19.6 Å². The van der Waals surface area contributed by atoms with E-state index in [0.29, 0.717) is 18.2 Å². The molecule has 0 saturated carbocycles. The number of thiocarbonyl (C=S) groups is 1. The van der Waals surface area contributed by atoms with E-state index in [2.05, 4.69) is 31.4 Å². The van der Waals surface area contributed by atoms with Gasteiger partial charge in [0.2, 0.25) is 0 Å². The van der Waals surface area contributed by atoms with Gasteiger partial charge in [0.1, 0.15) is 5.82 Å². The van der Waals surface area contributed by atoms with Gasteiger partial charge in [-0.25, -0.2) is 4.39 Å². The number of hydrogen-bond donors (Lipinski definition) is 1. The fourth-order valence-corrected chi connectivity index (χ4v) is 3.61. The van der Waals surface area contributed by atoms with Crippen LogP contribution in [0.5, 0.6) is 0 Å². The van der Waals surface area contributed by atoms with Gasteiger partial charge >= 0.3 is 0 Å². The zero-order valence-electron chi connectivity index (χ0n) is 16.9. The standard InChI is InChI=1S/C20H24BrFN6S/c1-5-27-11-17(21)18(25-27)12-26(4)20(29)23-19-13(2)24-28(14(19)3)10-15-6-8-16(22)9-7-15/h6-9,11H,5,10,12H2,1-4H3,(H,23,29). The molecule has 3 aromatic rings. The predicted octanol–water partition coefficient (Wildman–Crippen LogP) is 4.50. The minimum Gasteiger partial charge on any atom is -0.346 e. The number of aryl methyl sites for hydroxylation is 2. The summed E-state index contributed by atoms with van der Waals surface area (Å²) in [5.74, 6) is -0.242. The molecule has 0 aliphatic heterocycles. The third kappa shape index (κ3) is 5.02. The highest BCUT2D eigenvalue weighted by atomic mass is 79.9. The number of rotatable bonds is 6. The van der Waals surface area contributed by atoms with Gasteiger partial charge in [-0.05, 0) is 66.6 Å². The Hall–Kier alpha value is -2.26. The van der Waals surface area contributed by atoms with Gasteiger partial charge in [-0.2, -0.15) is 10.2 Å². The second kappa shape index (κ2) is 9.04. The van der Waals surface area contributed by atoms with Crippen molar-refractivity contribution in [2.24, 2.45) is 0 Å². The smallest absolute Gasteiger partial charge is 0.173 e. The minimum absolute atomic E-state index is 0.242. The number of nitrogens with one attached hydrogen (secondary N) is 1. The summed E-state index contributed by atoms with van der Waals surface area (Å²) in [5, 5.41) is 13.1. The van der Waals surface area contributed by atoms with Crippen LogP contribution in [0.25, 0.3) is 0 Å². The predicted molar refractivity (Wildman–Crippen MR) is 120 cm³/mol. The average molecular weight is 479 g/mol. The minimum atomic E-state index is -0.242. The lowest BCUT2D eigenvalue weighted by atomic mass is 10.2. The zero-order chi connectivity index (χ0) is 21.1. The Labute approximate surface area is 183 Å². The van der Waals surface area contributed by atoms with Crippen molar-refractivity contribution in [3.63, 3.8) is 0 Å². The maximum absolute atomic E-state index is 13.1. The Kier molecular flexibility index (Phi) is 6.69. The summed E-state index contributed by atoms with van der Waals surface area (Å²) in [7, 11) is 1.93. The van der Waals surface area contributed by atoms with Crippen molar-refractivity contribution in [2.45, 2.75) is 40.4 Å². The molecule has 9 heteroatoms. The number of anilines is 1. The van der Waals surface area contributed by atoms with E-state index in [-0.39, 0.29) is 5.82 Å². The van der Waals surface area contributed by atoms with Crippen molar-refractivity contribution in [2.75, 3.05) is 12.4 Å². The summed E-state index contributed by atoms with van der Waals surface area (Å²) < 4.78 is 17.9. The van der Waals surface area contributed by atoms with Crippen LogP contribution in [0.2, 0.25) is 0 Å². The van der Waals surface area contributed by atoms with Crippen LogP contribution in [0.1, 0.15) is 29.6 Å². The van der Waals surface area contributed by atoms with Crippen molar-refractivity contribution in [3.8, 4) is 0 Å². The number of hydrogen-bond acceptors (Lipinski definition) is 3. The average Bonchev–Trinajstić information content (AvgIpc) is 3.17. The molecular weight excluding hydrogens is 455 g/mol. The summed E-state index contributed by atoms with van der Waals surface area (Å²) >= 11 is 9.15. The van der Waals surface area contributed by atoms with Crippen LogP contribution in [0.4, 0.5) is 10.1 Å². The molecule has 0 unspecified atom stereocenters. The zero-order valence-corrected chi connectivity index (χ0v) is 19.3. The molecule has 0 aliphatic rings. The molecule has 1 aromatic carbocycles. The van der Waals surface area contributed by atoms with Gasteiger partial charge in [0.25, 0.3) is 0 Å². The lowest BCUT2D eigenvalue weighted by Crippen LogP contribution is -2.31. The van der Waals surface area contributed by atoms with Crippen molar-refractivity contribution in [3.05, 3.63) is 63.4 Å². The number of nitrogens with zero attached hydrogens (tertiary/aromatic N) is 5. The molecule has 0 fully saturated rings. The summed E-state index contributed by atoms with van der Waals surface area (Å²) in [6, 6.07) is 6.46. The van der Waals surface area contributed by atoms with E-state index in [4.69, 9.17) is 12.2 Å². The first kappa shape index (κ1) is 21.4. The lowest BCUT2D eigenvalue weighted by Gasteiger charge is -2.20. The van der Waals surface area contributed by atoms with Crippen molar-refractivity contribution in [1.29, 1.82) is 0 Å². The summed E-state index contributed by atoms with van der Waals surface area (Å²) in [4.78, 5) is 1.94. The normalized spacial score (nSPS) is 11.0. The Bertz CT molecular complexity index is 1010. The molecule has 1 N–H and O–H groups in total. The fraction of sp³-hybridized carbons (Fsp3) is 0.350. The Morgan fingerprint density at radius 3 is 2.55 bits per heavy atom. The molecule has 0 atom stereocenters. The third-order valence-corrected chi connectivity index (χ3v) is 5.78. The molecule has 0 amide bonds. The van der Waals surface area contributed by atoms with Crippen LogP contribution in [0, 0.1) is 19.7 Å². The second-order valence-electron chi connectivity index (χ2n) is 6.90. The highest BCUT2D eigenvalue weighted by molar-refractivity contribution is 9.10. The van der Waals surface area contributed by atoms with Gasteiger partial charge < -0.3 is 10.2 Å². The third-order valence-electron chi connectivity index (χ3n) is 4.70. The van der Waals surface area contributed by atoms with Gasteiger partial charge in [-0.15, -0.1) is 0 Å². The van der Waals surface area contributed by atoms with Gasteiger partial charge in [-0.1, -0.05) is 12.1 Å². The Morgan fingerprint density at radius 2 is 1.93 bits per heavy atom. The van der Waals surface area contributed by atoms with Crippen LogP contribution in [0.3, 0.4) is 0 Å². The fourth-order valence-electron chi connectivity index (χ4n) is 3.00. The molecule has 0 spiro atoms. The monoisotopic (exact) mass is 478 g/mol. The molecule has 29 heavy (non-hydrogen) atoms. The molecule has 3 rings (SSSR count). The van der Waals surface area contributed by atoms with Gasteiger partial charge in [0, 0.05) is 19.8 Å². The summed E-state index contributed by atoms with van der Waals surface area (Å²) in [6.07, 6.45) is 1.97. The quantitative estimate of drug-likeness (QED) is 0.528. The molecule has 0 radical (unpaired) electrons. The number of halogens is 2. The first-order chi connectivity index (χ1) is 13.8. The molecule has 154 valence electrons. The van der Waals surface area contributed by atoms with Crippen LogP contribution >= 0.6 is 28.1 Å². The van der Waals surface area contributed by atoms with E-state index in [1.165, 1.54) is 12.1 Å². The van der Waals surface area contributed by atoms with E-state index in [0.717, 1.165) is 39.4 Å². The Balaban J connectivity index is 1.70. The largest absolute Gasteiger partial charge is 0.346 e. The van der Waals surface area contributed by atoms with E-state index in [9.17, 15) is 4.39 Å². The van der Waals surface area contributed by atoms with Crippen LogP contribution < -0.4 is 5.32 Å². The topological polar surface area (TPSA) is 50.9 Å². The van der Waals surface area contributed by atoms with Gasteiger partial charge in [0.15, 0.2) is 5.11 Å².